The van der Waals surface area contributed by atoms with E-state index in [0.29, 0.717) is 10.8 Å². The van der Waals surface area contributed by atoms with Gasteiger partial charge in [-0.3, -0.25) is 14.9 Å². The van der Waals surface area contributed by atoms with Crippen molar-refractivity contribution in [3.05, 3.63) is 69.2 Å². The van der Waals surface area contributed by atoms with Crippen LogP contribution in [0.2, 0.25) is 5.02 Å². The molecule has 1 N–H and O–H groups in total. The average Bonchev–Trinajstić information content (AvgIpc) is 2.53. The summed E-state index contributed by atoms with van der Waals surface area (Å²) < 4.78 is 5.08. The third-order valence-corrected chi connectivity index (χ3v) is 3.16. The van der Waals surface area contributed by atoms with Crippen LogP contribution < -0.4 is 10.1 Å². The number of carbonyl (C=O) groups is 1. The van der Waals surface area contributed by atoms with Crippen LogP contribution >= 0.6 is 11.6 Å². The molecule has 0 atom stereocenters. The maximum absolute atomic E-state index is 12.0. The van der Waals surface area contributed by atoms with Crippen LogP contribution in [-0.4, -0.2) is 17.9 Å². The number of nitrogens with zero attached hydrogens (tertiary/aromatic N) is 1. The van der Waals surface area contributed by atoms with Crippen molar-refractivity contribution >= 4 is 35.0 Å². The predicted molar refractivity (Wildman–Crippen MR) is 88.8 cm³/mol. The fourth-order valence-corrected chi connectivity index (χ4v) is 2.06. The molecular formula is C16H13ClN2O4. The van der Waals surface area contributed by atoms with Gasteiger partial charge in [0.25, 0.3) is 5.69 Å². The summed E-state index contributed by atoms with van der Waals surface area (Å²) in [5, 5.41) is 13.9. The van der Waals surface area contributed by atoms with Crippen LogP contribution in [0.4, 0.5) is 11.4 Å². The van der Waals surface area contributed by atoms with Crippen LogP contribution in [0.25, 0.3) is 6.08 Å². The number of amides is 1. The Hall–Kier alpha value is -2.86. The van der Waals surface area contributed by atoms with Gasteiger partial charge in [-0.2, -0.15) is 0 Å². The molecule has 0 bridgehead atoms. The maximum atomic E-state index is 12.0. The third kappa shape index (κ3) is 4.55. The van der Waals surface area contributed by atoms with E-state index in [1.807, 2.05) is 0 Å². The lowest BCUT2D eigenvalue weighted by molar-refractivity contribution is -0.384. The summed E-state index contributed by atoms with van der Waals surface area (Å²) in [5.74, 6) is -0.108. The van der Waals surface area contributed by atoms with E-state index in [9.17, 15) is 14.9 Å². The van der Waals surface area contributed by atoms with E-state index >= 15 is 0 Å². The molecule has 0 unspecified atom stereocenters. The minimum Gasteiger partial charge on any atom is -0.495 e. The highest BCUT2D eigenvalue weighted by Crippen LogP contribution is 2.28. The number of rotatable bonds is 5. The number of hydrogen-bond acceptors (Lipinski definition) is 4. The van der Waals surface area contributed by atoms with E-state index in [-0.39, 0.29) is 11.4 Å². The zero-order valence-corrected chi connectivity index (χ0v) is 12.9. The van der Waals surface area contributed by atoms with Crippen molar-refractivity contribution in [1.29, 1.82) is 0 Å². The van der Waals surface area contributed by atoms with Gasteiger partial charge in [0.1, 0.15) is 5.75 Å². The van der Waals surface area contributed by atoms with Crippen molar-refractivity contribution in [1.82, 2.24) is 0 Å². The molecule has 0 heterocycles. The molecule has 6 nitrogen and oxygen atoms in total. The van der Waals surface area contributed by atoms with Gasteiger partial charge in [0.05, 0.1) is 17.7 Å². The number of nitro benzene ring substituents is 1. The van der Waals surface area contributed by atoms with Gasteiger partial charge in [-0.1, -0.05) is 23.7 Å². The zero-order valence-electron chi connectivity index (χ0n) is 12.2. The lowest BCUT2D eigenvalue weighted by Gasteiger charge is -2.08. The van der Waals surface area contributed by atoms with Crippen LogP contribution in [0.5, 0.6) is 5.75 Å². The highest BCUT2D eigenvalue weighted by atomic mass is 35.5. The Labute approximate surface area is 137 Å². The Morgan fingerprint density at radius 1 is 1.30 bits per heavy atom. The smallest absolute Gasteiger partial charge is 0.271 e. The van der Waals surface area contributed by atoms with Crippen molar-refractivity contribution in [3.63, 3.8) is 0 Å². The van der Waals surface area contributed by atoms with Gasteiger partial charge in [-0.25, -0.2) is 0 Å². The Bertz CT molecular complexity index is 774. The van der Waals surface area contributed by atoms with Gasteiger partial charge in [0.15, 0.2) is 0 Å². The second-order valence-corrected chi connectivity index (χ2v) is 4.96. The number of non-ortho nitro benzene ring substituents is 1. The number of carbonyl (C=O) groups excluding carboxylic acids is 1. The van der Waals surface area contributed by atoms with Crippen LogP contribution in [-0.2, 0) is 4.79 Å². The molecule has 2 aromatic rings. The molecule has 1 amide bonds. The number of benzene rings is 2. The molecule has 2 aromatic carbocycles. The Morgan fingerprint density at radius 3 is 2.74 bits per heavy atom. The van der Waals surface area contributed by atoms with Crippen molar-refractivity contribution in [2.45, 2.75) is 0 Å². The van der Waals surface area contributed by atoms with Crippen molar-refractivity contribution in [2.24, 2.45) is 0 Å². The second-order valence-electron chi connectivity index (χ2n) is 4.52. The maximum Gasteiger partial charge on any atom is 0.271 e. The molecule has 0 spiro atoms. The fraction of sp³-hybridized carbons (Fsp3) is 0.0625. The molecule has 2 rings (SSSR count). The summed E-state index contributed by atoms with van der Waals surface area (Å²) in [4.78, 5) is 22.2. The van der Waals surface area contributed by atoms with Gasteiger partial charge >= 0.3 is 0 Å². The van der Waals surface area contributed by atoms with Crippen LogP contribution in [0, 0.1) is 10.1 Å². The highest BCUT2D eigenvalue weighted by Gasteiger charge is 2.12. The molecule has 23 heavy (non-hydrogen) atoms. The summed E-state index contributed by atoms with van der Waals surface area (Å²) >= 11 is 5.86. The molecule has 0 aliphatic carbocycles. The van der Waals surface area contributed by atoms with Crippen molar-refractivity contribution in [2.75, 3.05) is 12.4 Å². The first-order valence-corrected chi connectivity index (χ1v) is 6.94. The number of nitro groups is 1. The Balaban J connectivity index is 2.16. The number of anilines is 1. The van der Waals surface area contributed by atoms with Crippen molar-refractivity contribution in [3.8, 4) is 5.75 Å². The van der Waals surface area contributed by atoms with E-state index in [1.165, 1.54) is 31.4 Å². The van der Waals surface area contributed by atoms with E-state index in [1.54, 1.807) is 30.3 Å². The molecule has 0 saturated carbocycles. The summed E-state index contributed by atoms with van der Waals surface area (Å²) in [6, 6.07) is 11.0. The molecule has 7 heteroatoms. The molecule has 0 fully saturated rings. The monoisotopic (exact) mass is 332 g/mol. The standard InChI is InChI=1S/C16H13ClN2O4/c1-23-15-7-6-13(19(21)22)10-14(15)18-16(20)8-5-11-3-2-4-12(17)9-11/h2-10H,1H3,(H,18,20). The predicted octanol–water partition coefficient (Wildman–Crippen LogP) is 3.91. The quantitative estimate of drug-likeness (QED) is 0.511. The normalized spacial score (nSPS) is 10.5. The van der Waals surface area contributed by atoms with Crippen LogP contribution in [0.1, 0.15) is 5.56 Å². The minimum atomic E-state index is -0.545. The van der Waals surface area contributed by atoms with E-state index < -0.39 is 10.8 Å². The van der Waals surface area contributed by atoms with Gasteiger partial charge in [-0.15, -0.1) is 0 Å². The molecule has 0 aliphatic rings. The Kier molecular flexibility index (Phi) is 5.32. The first-order chi connectivity index (χ1) is 11.0. The molecule has 118 valence electrons. The number of hydrogen-bond donors (Lipinski definition) is 1. The molecule has 0 radical (unpaired) electrons. The summed E-state index contributed by atoms with van der Waals surface area (Å²) in [7, 11) is 1.42. The molecule has 0 aliphatic heterocycles. The largest absolute Gasteiger partial charge is 0.495 e. The van der Waals surface area contributed by atoms with E-state index in [2.05, 4.69) is 5.32 Å². The molecule has 0 saturated heterocycles. The van der Waals surface area contributed by atoms with Crippen LogP contribution in [0.3, 0.4) is 0 Å². The van der Waals surface area contributed by atoms with Gasteiger partial charge in [-0.05, 0) is 29.8 Å². The topological polar surface area (TPSA) is 81.5 Å². The first kappa shape index (κ1) is 16.5. The lowest BCUT2D eigenvalue weighted by Crippen LogP contribution is -2.09. The van der Waals surface area contributed by atoms with Crippen LogP contribution in [0.15, 0.2) is 48.5 Å². The van der Waals surface area contributed by atoms with E-state index in [4.69, 9.17) is 16.3 Å². The van der Waals surface area contributed by atoms with Gasteiger partial charge in [0, 0.05) is 23.2 Å². The number of methoxy groups -OCH3 is 1. The SMILES string of the molecule is COc1ccc([N+](=O)[O-])cc1NC(=O)C=Cc1cccc(Cl)c1. The molecular weight excluding hydrogens is 320 g/mol. The number of halogens is 1. The summed E-state index contributed by atoms with van der Waals surface area (Å²) in [5.41, 5.74) is 0.848. The average molecular weight is 333 g/mol. The Morgan fingerprint density at radius 2 is 2.09 bits per heavy atom. The highest BCUT2D eigenvalue weighted by molar-refractivity contribution is 6.30. The first-order valence-electron chi connectivity index (χ1n) is 6.56. The van der Waals surface area contributed by atoms with Gasteiger partial charge in [0.2, 0.25) is 5.91 Å². The third-order valence-electron chi connectivity index (χ3n) is 2.93. The number of nitrogens with one attached hydrogen (secondary N) is 1. The number of ether oxygens (including phenoxy) is 1. The summed E-state index contributed by atoms with van der Waals surface area (Å²) in [6.07, 6.45) is 2.90. The molecule has 0 aromatic heterocycles. The second kappa shape index (κ2) is 7.42. The van der Waals surface area contributed by atoms with E-state index in [0.717, 1.165) is 5.56 Å². The van der Waals surface area contributed by atoms with Crippen molar-refractivity contribution < 1.29 is 14.5 Å². The summed E-state index contributed by atoms with van der Waals surface area (Å²) in [6.45, 7) is 0. The van der Waals surface area contributed by atoms with Gasteiger partial charge < -0.3 is 10.1 Å². The zero-order chi connectivity index (χ0) is 16.8. The fourth-order valence-electron chi connectivity index (χ4n) is 1.86. The lowest BCUT2D eigenvalue weighted by atomic mass is 10.2. The minimum absolute atomic E-state index is 0.139.